The fourth-order valence-corrected chi connectivity index (χ4v) is 5.26. The molecule has 3 rings (SSSR count). The summed E-state index contributed by atoms with van der Waals surface area (Å²) in [5, 5.41) is 14.4. The number of unbranched alkanes of at least 4 members (excludes halogenated alkanes) is 7. The molecule has 2 atom stereocenters. The normalized spacial score (nSPS) is 13.2. The molecule has 220 valence electrons. The second-order valence-electron chi connectivity index (χ2n) is 10.8. The van der Waals surface area contributed by atoms with Gasteiger partial charge >= 0.3 is 0 Å². The molecule has 0 saturated carbocycles. The summed E-state index contributed by atoms with van der Waals surface area (Å²) in [4.78, 5) is 12.9. The summed E-state index contributed by atoms with van der Waals surface area (Å²) >= 11 is 0. The molecule has 0 aliphatic heterocycles. The number of aliphatic hydroxyl groups is 1. The molecule has 1 amide bonds. The highest BCUT2D eigenvalue weighted by molar-refractivity contribution is 5.76. The highest BCUT2D eigenvalue weighted by Gasteiger charge is 2.38. The van der Waals surface area contributed by atoms with Crippen LogP contribution in [0.3, 0.4) is 0 Å². The van der Waals surface area contributed by atoms with E-state index in [0.717, 1.165) is 48.8 Å². The molecule has 41 heavy (non-hydrogen) atoms. The lowest BCUT2D eigenvalue weighted by molar-refractivity contribution is -0.123. The Hall–Kier alpha value is -3.21. The van der Waals surface area contributed by atoms with Crippen molar-refractivity contribution in [3.05, 3.63) is 120 Å². The van der Waals surface area contributed by atoms with Crippen molar-refractivity contribution in [1.29, 1.82) is 0 Å². The molecule has 0 fully saturated rings. The number of allylic oxidation sites excluding steroid dienone is 1. The van der Waals surface area contributed by atoms with Gasteiger partial charge in [-0.2, -0.15) is 0 Å². The van der Waals surface area contributed by atoms with Crippen molar-refractivity contribution in [3.8, 4) is 0 Å². The Bertz CT molecular complexity index is 1030. The lowest BCUT2D eigenvalue weighted by atomic mass is 9.80. The number of hydrogen-bond donors (Lipinski definition) is 2. The van der Waals surface area contributed by atoms with E-state index in [1.807, 2.05) is 66.7 Å². The van der Waals surface area contributed by atoms with Crippen molar-refractivity contribution in [2.24, 2.45) is 0 Å². The molecule has 4 nitrogen and oxygen atoms in total. The summed E-state index contributed by atoms with van der Waals surface area (Å²) in [7, 11) is 0. The number of rotatable bonds is 19. The fraction of sp³-hybridized carbons (Fsp3) is 0.432. The topological polar surface area (TPSA) is 58.6 Å². The summed E-state index contributed by atoms with van der Waals surface area (Å²) in [6, 6.07) is 30.0. The van der Waals surface area contributed by atoms with Gasteiger partial charge in [0.1, 0.15) is 5.60 Å². The van der Waals surface area contributed by atoms with E-state index >= 15 is 0 Å². The Labute approximate surface area is 247 Å². The first-order valence-electron chi connectivity index (χ1n) is 15.6. The van der Waals surface area contributed by atoms with Crippen LogP contribution in [0.4, 0.5) is 0 Å². The smallest absolute Gasteiger partial charge is 0.220 e. The van der Waals surface area contributed by atoms with Crippen LogP contribution in [0.5, 0.6) is 0 Å². The molecule has 0 aromatic heterocycles. The van der Waals surface area contributed by atoms with Gasteiger partial charge in [-0.25, -0.2) is 0 Å². The molecule has 3 aromatic carbocycles. The van der Waals surface area contributed by atoms with Crippen LogP contribution in [0.1, 0.15) is 94.7 Å². The van der Waals surface area contributed by atoms with Crippen molar-refractivity contribution in [1.82, 2.24) is 5.32 Å². The average molecular weight is 556 g/mol. The number of nitrogens with one attached hydrogen (secondary N) is 1. The first-order valence-corrected chi connectivity index (χ1v) is 15.6. The Balaban J connectivity index is 1.89. The molecule has 0 bridgehead atoms. The highest BCUT2D eigenvalue weighted by atomic mass is 16.5. The van der Waals surface area contributed by atoms with E-state index in [2.05, 4.69) is 55.6 Å². The maximum Gasteiger partial charge on any atom is 0.220 e. The van der Waals surface area contributed by atoms with Crippen molar-refractivity contribution in [2.45, 2.75) is 95.8 Å². The third-order valence-electron chi connectivity index (χ3n) is 7.59. The van der Waals surface area contributed by atoms with Gasteiger partial charge in [-0.05, 0) is 36.0 Å². The van der Waals surface area contributed by atoms with Crippen molar-refractivity contribution < 1.29 is 14.6 Å². The largest absolute Gasteiger partial charge is 0.387 e. The second kappa shape index (κ2) is 18.3. The summed E-state index contributed by atoms with van der Waals surface area (Å²) < 4.78 is 6.96. The Morgan fingerprint density at radius 3 is 1.76 bits per heavy atom. The number of hydrogen-bond acceptors (Lipinski definition) is 3. The summed E-state index contributed by atoms with van der Waals surface area (Å²) in [6.45, 7) is 4.49. The van der Waals surface area contributed by atoms with Crippen LogP contribution in [-0.4, -0.2) is 29.8 Å². The van der Waals surface area contributed by atoms with Crippen LogP contribution in [-0.2, 0) is 15.1 Å². The third-order valence-corrected chi connectivity index (χ3v) is 7.59. The SMILES string of the molecule is CCCCCCC/C=C/[C@@H](O)[C@H](COC(c1ccccc1)(c1ccccc1)c1ccccc1)NC(=O)CCCCC. The van der Waals surface area contributed by atoms with Crippen LogP contribution < -0.4 is 5.32 Å². The molecule has 0 spiro atoms. The maximum atomic E-state index is 12.9. The number of carbonyl (C=O) groups excluding carboxylic acids is 1. The molecule has 0 aliphatic carbocycles. The van der Waals surface area contributed by atoms with Crippen LogP contribution in [0.25, 0.3) is 0 Å². The Kier molecular flexibility index (Phi) is 14.4. The van der Waals surface area contributed by atoms with Gasteiger partial charge in [-0.1, -0.05) is 156 Å². The van der Waals surface area contributed by atoms with Gasteiger partial charge in [-0.3, -0.25) is 4.79 Å². The lowest BCUT2D eigenvalue weighted by Gasteiger charge is -2.37. The van der Waals surface area contributed by atoms with Crippen molar-refractivity contribution in [2.75, 3.05) is 6.61 Å². The summed E-state index contributed by atoms with van der Waals surface area (Å²) in [6.07, 6.45) is 13.3. The molecular weight excluding hydrogens is 506 g/mol. The van der Waals surface area contributed by atoms with E-state index in [0.29, 0.717) is 6.42 Å². The van der Waals surface area contributed by atoms with Gasteiger partial charge in [0.05, 0.1) is 18.8 Å². The zero-order valence-corrected chi connectivity index (χ0v) is 25.0. The molecule has 0 unspecified atom stereocenters. The van der Waals surface area contributed by atoms with Crippen LogP contribution in [0.2, 0.25) is 0 Å². The number of amides is 1. The van der Waals surface area contributed by atoms with Crippen LogP contribution in [0, 0.1) is 0 Å². The quantitative estimate of drug-likeness (QED) is 0.0888. The van der Waals surface area contributed by atoms with E-state index in [9.17, 15) is 9.90 Å². The minimum Gasteiger partial charge on any atom is -0.387 e. The molecule has 4 heteroatoms. The predicted molar refractivity (Wildman–Crippen MR) is 170 cm³/mol. The Morgan fingerprint density at radius 1 is 0.756 bits per heavy atom. The molecular formula is C37H49NO3. The molecule has 0 heterocycles. The number of carbonyl (C=O) groups is 1. The number of benzene rings is 3. The van der Waals surface area contributed by atoms with Crippen LogP contribution >= 0.6 is 0 Å². The van der Waals surface area contributed by atoms with Gasteiger partial charge in [0.15, 0.2) is 0 Å². The molecule has 0 aliphatic rings. The summed E-state index contributed by atoms with van der Waals surface area (Å²) in [5.41, 5.74) is 2.05. The van der Waals surface area contributed by atoms with Crippen molar-refractivity contribution >= 4 is 5.91 Å². The van der Waals surface area contributed by atoms with E-state index < -0.39 is 17.7 Å². The fourth-order valence-electron chi connectivity index (χ4n) is 5.26. The van der Waals surface area contributed by atoms with E-state index in [4.69, 9.17) is 4.74 Å². The maximum absolute atomic E-state index is 12.9. The standard InChI is InChI=1S/C37H49NO3/c1-3-5-7-8-9-10-21-28-35(39)34(38-36(40)29-14-6-4-2)30-41-37(31-22-15-11-16-23-31,32-24-17-12-18-25-32)33-26-19-13-20-27-33/h11-13,15-28,34-35,39H,3-10,14,29-30H2,1-2H3,(H,38,40)/b28-21+/t34-,35+/m0/s1. The van der Waals surface area contributed by atoms with Crippen LogP contribution in [0.15, 0.2) is 103 Å². The zero-order valence-electron chi connectivity index (χ0n) is 25.0. The van der Waals surface area contributed by atoms with Gasteiger partial charge < -0.3 is 15.2 Å². The molecule has 3 aromatic rings. The van der Waals surface area contributed by atoms with E-state index in [1.54, 1.807) is 0 Å². The van der Waals surface area contributed by atoms with Gasteiger partial charge in [0, 0.05) is 6.42 Å². The first kappa shape index (κ1) is 32.3. The molecule has 0 radical (unpaired) electrons. The first-order chi connectivity index (χ1) is 20.1. The zero-order chi connectivity index (χ0) is 29.2. The molecule has 2 N–H and O–H groups in total. The number of ether oxygens (including phenoxy) is 1. The summed E-state index contributed by atoms with van der Waals surface area (Å²) in [5.74, 6) is -0.0520. The lowest BCUT2D eigenvalue weighted by Crippen LogP contribution is -2.48. The molecule has 0 saturated heterocycles. The second-order valence-corrected chi connectivity index (χ2v) is 10.8. The van der Waals surface area contributed by atoms with E-state index in [-0.39, 0.29) is 12.5 Å². The minimum atomic E-state index is -0.919. The average Bonchev–Trinajstić information content (AvgIpc) is 3.02. The minimum absolute atomic E-state index is 0.0520. The predicted octanol–water partition coefficient (Wildman–Crippen LogP) is 8.34. The van der Waals surface area contributed by atoms with Gasteiger partial charge in [-0.15, -0.1) is 0 Å². The van der Waals surface area contributed by atoms with Gasteiger partial charge in [0.25, 0.3) is 0 Å². The van der Waals surface area contributed by atoms with E-state index in [1.165, 1.54) is 25.7 Å². The monoisotopic (exact) mass is 555 g/mol. The highest BCUT2D eigenvalue weighted by Crippen LogP contribution is 2.40. The van der Waals surface area contributed by atoms with Crippen molar-refractivity contribution in [3.63, 3.8) is 0 Å². The third kappa shape index (κ3) is 9.98. The number of aliphatic hydroxyl groups excluding tert-OH is 1. The Morgan fingerprint density at radius 2 is 1.24 bits per heavy atom. The van der Waals surface area contributed by atoms with Gasteiger partial charge in [0.2, 0.25) is 5.91 Å².